The first-order valence-electron chi connectivity index (χ1n) is 8.50. The van der Waals surface area contributed by atoms with E-state index in [9.17, 15) is 4.79 Å². The van der Waals surface area contributed by atoms with E-state index in [-0.39, 0.29) is 12.2 Å². The maximum atomic E-state index is 12.8. The molecule has 0 atom stereocenters. The number of Topliss-reactive ketones (excluding diaryl/α,β-unsaturated/α-hetero) is 1. The summed E-state index contributed by atoms with van der Waals surface area (Å²) in [5.74, 6) is 0.541. The van der Waals surface area contributed by atoms with Crippen molar-refractivity contribution >= 4 is 28.6 Å². The summed E-state index contributed by atoms with van der Waals surface area (Å²) in [5.41, 5.74) is 4.92. The Hall–Kier alpha value is -2.99. The highest BCUT2D eigenvalue weighted by Crippen LogP contribution is 2.23. The monoisotopic (exact) mass is 380 g/mol. The summed E-state index contributed by atoms with van der Waals surface area (Å²) >= 11 is 6.24. The van der Waals surface area contributed by atoms with Crippen LogP contribution in [0.3, 0.4) is 0 Å². The lowest BCUT2D eigenvalue weighted by Gasteiger charge is -2.07. The van der Waals surface area contributed by atoms with Crippen LogP contribution in [0.1, 0.15) is 33.2 Å². The number of ketones is 1. The fraction of sp³-hybridized carbons (Fsp3) is 0.200. The number of halogens is 1. The van der Waals surface area contributed by atoms with Gasteiger partial charge >= 0.3 is 0 Å². The van der Waals surface area contributed by atoms with Crippen molar-refractivity contribution in [1.82, 2.24) is 19.7 Å². The van der Waals surface area contributed by atoms with Gasteiger partial charge in [0.1, 0.15) is 0 Å². The molecule has 0 N–H and O–H groups in total. The lowest BCUT2D eigenvalue weighted by molar-refractivity contribution is 0.0993. The zero-order valence-electron chi connectivity index (χ0n) is 15.2. The molecule has 4 rings (SSSR count). The highest BCUT2D eigenvalue weighted by Gasteiger charge is 2.14. The molecule has 0 saturated carbocycles. The molecule has 27 heavy (non-hydrogen) atoms. The van der Waals surface area contributed by atoms with Crippen LogP contribution in [0, 0.1) is 20.8 Å². The van der Waals surface area contributed by atoms with E-state index in [4.69, 9.17) is 16.0 Å². The van der Waals surface area contributed by atoms with Crippen molar-refractivity contribution in [3.63, 3.8) is 0 Å². The van der Waals surface area contributed by atoms with Crippen LogP contribution in [0.15, 0.2) is 40.9 Å². The van der Waals surface area contributed by atoms with Crippen LogP contribution in [-0.4, -0.2) is 25.5 Å². The molecule has 0 aliphatic rings. The Morgan fingerprint density at radius 3 is 2.78 bits per heavy atom. The van der Waals surface area contributed by atoms with Crippen molar-refractivity contribution in [2.24, 2.45) is 0 Å². The number of aromatic nitrogens is 4. The largest absolute Gasteiger partial charge is 0.439 e. The van der Waals surface area contributed by atoms with Crippen molar-refractivity contribution < 1.29 is 9.21 Å². The number of nitrogens with zero attached hydrogens (tertiary/aromatic N) is 4. The Labute approximate surface area is 160 Å². The molecule has 0 spiro atoms. The minimum atomic E-state index is -0.0122. The second-order valence-electron chi connectivity index (χ2n) is 6.45. The molecule has 3 heterocycles. The molecule has 0 radical (unpaired) electrons. The molecule has 4 aromatic rings. The van der Waals surface area contributed by atoms with Crippen molar-refractivity contribution in [2.75, 3.05) is 0 Å². The topological polar surface area (TPSA) is 73.8 Å². The molecule has 0 saturated heterocycles. The third kappa shape index (κ3) is 3.24. The second kappa shape index (κ2) is 6.63. The maximum absolute atomic E-state index is 12.8. The molecule has 3 aromatic heterocycles. The Balaban J connectivity index is 1.62. The Morgan fingerprint density at radius 1 is 1.22 bits per heavy atom. The van der Waals surface area contributed by atoms with Crippen LogP contribution >= 0.6 is 11.6 Å². The standard InChI is InChI=1S/C20H17ClN4O2/c1-11-19(21)12(2)25(24-11)16-6-4-5-15(9-16)17(26)7-14-8-18-20(22-10-14)23-13(3)27-18/h4-6,8-10H,7H2,1-3H3. The summed E-state index contributed by atoms with van der Waals surface area (Å²) in [6.45, 7) is 5.52. The van der Waals surface area contributed by atoms with Crippen LogP contribution in [0.25, 0.3) is 16.9 Å². The Kier molecular flexibility index (Phi) is 4.28. The minimum Gasteiger partial charge on any atom is -0.439 e. The summed E-state index contributed by atoms with van der Waals surface area (Å²) < 4.78 is 7.24. The minimum absolute atomic E-state index is 0.0122. The van der Waals surface area contributed by atoms with Gasteiger partial charge in [0.15, 0.2) is 22.9 Å². The SMILES string of the molecule is Cc1nc2ncc(CC(=O)c3cccc(-n4nc(C)c(Cl)c4C)c3)cc2o1. The molecule has 6 nitrogen and oxygen atoms in total. The molecule has 0 amide bonds. The number of rotatable bonds is 4. The van der Waals surface area contributed by atoms with Gasteiger partial charge < -0.3 is 4.42 Å². The van der Waals surface area contributed by atoms with Gasteiger partial charge in [-0.25, -0.2) is 9.67 Å². The van der Waals surface area contributed by atoms with E-state index >= 15 is 0 Å². The predicted molar refractivity (Wildman–Crippen MR) is 103 cm³/mol. The molecule has 0 aliphatic carbocycles. The van der Waals surface area contributed by atoms with Gasteiger partial charge in [-0.15, -0.1) is 0 Å². The number of pyridine rings is 1. The molecule has 0 bridgehead atoms. The highest BCUT2D eigenvalue weighted by molar-refractivity contribution is 6.31. The maximum Gasteiger partial charge on any atom is 0.198 e. The number of hydrogen-bond donors (Lipinski definition) is 0. The number of aryl methyl sites for hydroxylation is 2. The van der Waals surface area contributed by atoms with Crippen LogP contribution in [0.2, 0.25) is 5.02 Å². The van der Waals surface area contributed by atoms with Crippen LogP contribution < -0.4 is 0 Å². The Bertz CT molecular complexity index is 1180. The summed E-state index contributed by atoms with van der Waals surface area (Å²) in [7, 11) is 0. The first-order valence-corrected chi connectivity index (χ1v) is 8.87. The zero-order chi connectivity index (χ0) is 19.1. The number of carbonyl (C=O) groups excluding carboxylic acids is 1. The third-order valence-electron chi connectivity index (χ3n) is 4.39. The quantitative estimate of drug-likeness (QED) is 0.490. The van der Waals surface area contributed by atoms with Gasteiger partial charge in [-0.05, 0) is 37.6 Å². The molecule has 7 heteroatoms. The summed E-state index contributed by atoms with van der Waals surface area (Å²) in [6, 6.07) is 9.17. The van der Waals surface area contributed by atoms with Gasteiger partial charge in [-0.2, -0.15) is 10.1 Å². The van der Waals surface area contributed by atoms with Crippen molar-refractivity contribution in [3.8, 4) is 5.69 Å². The van der Waals surface area contributed by atoms with E-state index in [1.54, 1.807) is 23.9 Å². The van der Waals surface area contributed by atoms with E-state index < -0.39 is 0 Å². The van der Waals surface area contributed by atoms with Crippen molar-refractivity contribution in [2.45, 2.75) is 27.2 Å². The van der Waals surface area contributed by atoms with E-state index in [0.717, 1.165) is 22.6 Å². The van der Waals surface area contributed by atoms with Crippen molar-refractivity contribution in [3.05, 3.63) is 70.0 Å². The van der Waals surface area contributed by atoms with Crippen LogP contribution in [0.4, 0.5) is 0 Å². The molecule has 0 fully saturated rings. The number of benzene rings is 1. The normalized spacial score (nSPS) is 11.3. The van der Waals surface area contributed by atoms with Crippen LogP contribution in [0.5, 0.6) is 0 Å². The molecule has 0 aliphatic heterocycles. The van der Waals surface area contributed by atoms with Gasteiger partial charge in [0.25, 0.3) is 0 Å². The van der Waals surface area contributed by atoms with Gasteiger partial charge in [-0.1, -0.05) is 23.7 Å². The fourth-order valence-electron chi connectivity index (χ4n) is 3.04. The molecule has 136 valence electrons. The van der Waals surface area contributed by atoms with E-state index in [0.29, 0.717) is 27.7 Å². The molecular weight excluding hydrogens is 364 g/mol. The number of hydrogen-bond acceptors (Lipinski definition) is 5. The van der Waals surface area contributed by atoms with Crippen LogP contribution in [-0.2, 0) is 6.42 Å². The number of fused-ring (bicyclic) bond motifs is 1. The van der Waals surface area contributed by atoms with Gasteiger partial charge in [0.2, 0.25) is 0 Å². The molecular formula is C20H17ClN4O2. The van der Waals surface area contributed by atoms with E-state index in [2.05, 4.69) is 15.1 Å². The first-order chi connectivity index (χ1) is 12.9. The average molecular weight is 381 g/mol. The number of carbonyl (C=O) groups is 1. The third-order valence-corrected chi connectivity index (χ3v) is 4.94. The summed E-state index contributed by atoms with van der Waals surface area (Å²) in [5, 5.41) is 5.08. The molecule has 1 aromatic carbocycles. The average Bonchev–Trinajstić information content (AvgIpc) is 3.15. The van der Waals surface area contributed by atoms with Gasteiger partial charge in [0, 0.05) is 25.1 Å². The summed E-state index contributed by atoms with van der Waals surface area (Å²) in [6.07, 6.45) is 1.89. The smallest absolute Gasteiger partial charge is 0.198 e. The van der Waals surface area contributed by atoms with E-state index in [1.165, 1.54) is 0 Å². The van der Waals surface area contributed by atoms with E-state index in [1.807, 2.05) is 38.1 Å². The second-order valence-corrected chi connectivity index (χ2v) is 6.82. The summed E-state index contributed by atoms with van der Waals surface area (Å²) in [4.78, 5) is 21.2. The first kappa shape index (κ1) is 17.4. The van der Waals surface area contributed by atoms with Gasteiger partial charge in [-0.3, -0.25) is 4.79 Å². The zero-order valence-corrected chi connectivity index (χ0v) is 15.9. The lowest BCUT2D eigenvalue weighted by Crippen LogP contribution is -2.06. The highest BCUT2D eigenvalue weighted by atomic mass is 35.5. The lowest BCUT2D eigenvalue weighted by atomic mass is 10.0. The fourth-order valence-corrected chi connectivity index (χ4v) is 3.16. The Morgan fingerprint density at radius 2 is 2.04 bits per heavy atom. The van der Waals surface area contributed by atoms with Crippen molar-refractivity contribution in [1.29, 1.82) is 0 Å². The predicted octanol–water partition coefficient (Wildman–Crippen LogP) is 4.41. The number of oxazole rings is 1. The van der Waals surface area contributed by atoms with Gasteiger partial charge in [0.05, 0.1) is 22.1 Å². The molecule has 0 unspecified atom stereocenters.